The lowest BCUT2D eigenvalue weighted by atomic mass is 9.99. The van der Waals surface area contributed by atoms with Gasteiger partial charge in [0.25, 0.3) is 0 Å². The first-order chi connectivity index (χ1) is 9.95. The molecule has 0 bridgehead atoms. The molecule has 2 aromatic carbocycles. The van der Waals surface area contributed by atoms with Crippen LogP contribution in [-0.4, -0.2) is 21.2 Å². The van der Waals surface area contributed by atoms with Crippen molar-refractivity contribution in [1.82, 2.24) is 0 Å². The average Bonchev–Trinajstić information content (AvgIpc) is 2.45. The summed E-state index contributed by atoms with van der Waals surface area (Å²) in [6, 6.07) is 12.3. The number of fused-ring (bicyclic) bond motifs is 1. The third kappa shape index (κ3) is 2.78. The Morgan fingerprint density at radius 3 is 2.48 bits per heavy atom. The summed E-state index contributed by atoms with van der Waals surface area (Å²) in [5.74, 6) is -0.489. The molecule has 2 aromatic rings. The first kappa shape index (κ1) is 14.1. The molecule has 0 saturated carbocycles. The third-order valence-electron chi connectivity index (χ3n) is 3.82. The predicted octanol–water partition coefficient (Wildman–Crippen LogP) is 2.79. The van der Waals surface area contributed by atoms with Gasteiger partial charge in [-0.25, -0.2) is 12.8 Å². The summed E-state index contributed by atoms with van der Waals surface area (Å²) in [7, 11) is -3.38. The minimum absolute atomic E-state index is 0.0150. The lowest BCUT2D eigenvalue weighted by Gasteiger charge is -2.31. The van der Waals surface area contributed by atoms with Crippen LogP contribution in [0.15, 0.2) is 47.4 Å². The second kappa shape index (κ2) is 5.15. The van der Waals surface area contributed by atoms with E-state index in [4.69, 9.17) is 0 Å². The topological polar surface area (TPSA) is 37.4 Å². The van der Waals surface area contributed by atoms with E-state index < -0.39 is 15.7 Å². The maximum absolute atomic E-state index is 14.2. The highest BCUT2D eigenvalue weighted by atomic mass is 32.2. The minimum atomic E-state index is -3.38. The van der Waals surface area contributed by atoms with Crippen molar-refractivity contribution in [2.75, 3.05) is 17.7 Å². The molecule has 110 valence electrons. The van der Waals surface area contributed by atoms with Gasteiger partial charge in [-0.15, -0.1) is 0 Å². The fourth-order valence-corrected chi connectivity index (χ4v) is 3.31. The molecule has 0 amide bonds. The van der Waals surface area contributed by atoms with E-state index in [0.29, 0.717) is 12.2 Å². The molecule has 0 spiro atoms. The standard InChI is InChI=1S/C16H16FNO2S/c1-21(19,20)14-6-7-16(15(17)10-14)18-9-8-12-4-2-3-5-13(12)11-18/h2-7,10H,8-9,11H2,1H3. The van der Waals surface area contributed by atoms with Crippen LogP contribution >= 0.6 is 0 Å². The molecular weight excluding hydrogens is 289 g/mol. The fourth-order valence-electron chi connectivity index (χ4n) is 2.68. The Hall–Kier alpha value is -1.88. The van der Waals surface area contributed by atoms with E-state index in [1.54, 1.807) is 6.07 Å². The molecule has 1 aliphatic rings. The van der Waals surface area contributed by atoms with Crippen molar-refractivity contribution in [3.63, 3.8) is 0 Å². The van der Waals surface area contributed by atoms with Gasteiger partial charge in [0.15, 0.2) is 9.84 Å². The normalized spacial score (nSPS) is 14.9. The Labute approximate surface area is 123 Å². The molecule has 1 aliphatic heterocycles. The Kier molecular flexibility index (Phi) is 3.45. The molecule has 5 heteroatoms. The molecule has 0 N–H and O–H groups in total. The number of benzene rings is 2. The Bertz CT molecular complexity index is 787. The van der Waals surface area contributed by atoms with Crippen LogP contribution in [-0.2, 0) is 22.8 Å². The van der Waals surface area contributed by atoms with Gasteiger partial charge >= 0.3 is 0 Å². The molecule has 0 aromatic heterocycles. The van der Waals surface area contributed by atoms with Crippen LogP contribution in [0.25, 0.3) is 0 Å². The van der Waals surface area contributed by atoms with Crippen molar-refractivity contribution in [1.29, 1.82) is 0 Å². The first-order valence-corrected chi connectivity index (χ1v) is 8.65. The van der Waals surface area contributed by atoms with E-state index >= 15 is 0 Å². The molecule has 0 aliphatic carbocycles. The number of hydrogen-bond donors (Lipinski definition) is 0. The number of halogens is 1. The number of sulfone groups is 1. The highest BCUT2D eigenvalue weighted by Crippen LogP contribution is 2.28. The van der Waals surface area contributed by atoms with Gasteiger partial charge < -0.3 is 4.90 Å². The summed E-state index contributed by atoms with van der Waals surface area (Å²) < 4.78 is 37.1. The molecule has 0 saturated heterocycles. The zero-order valence-corrected chi connectivity index (χ0v) is 12.5. The van der Waals surface area contributed by atoms with E-state index in [0.717, 1.165) is 25.3 Å². The monoisotopic (exact) mass is 305 g/mol. The Morgan fingerprint density at radius 1 is 1.10 bits per heavy atom. The lowest BCUT2D eigenvalue weighted by Crippen LogP contribution is -2.31. The van der Waals surface area contributed by atoms with Crippen LogP contribution in [0.2, 0.25) is 0 Å². The maximum atomic E-state index is 14.2. The molecule has 21 heavy (non-hydrogen) atoms. The first-order valence-electron chi connectivity index (χ1n) is 6.76. The van der Waals surface area contributed by atoms with Gasteiger partial charge in [-0.3, -0.25) is 0 Å². The van der Waals surface area contributed by atoms with Crippen molar-refractivity contribution >= 4 is 15.5 Å². The van der Waals surface area contributed by atoms with Crippen LogP contribution in [0.3, 0.4) is 0 Å². The van der Waals surface area contributed by atoms with Gasteiger partial charge in [-0.1, -0.05) is 24.3 Å². The van der Waals surface area contributed by atoms with E-state index in [2.05, 4.69) is 6.07 Å². The highest BCUT2D eigenvalue weighted by molar-refractivity contribution is 7.90. The minimum Gasteiger partial charge on any atom is -0.364 e. The van der Waals surface area contributed by atoms with Crippen LogP contribution in [0.5, 0.6) is 0 Å². The molecule has 1 heterocycles. The third-order valence-corrected chi connectivity index (χ3v) is 4.93. The SMILES string of the molecule is CS(=O)(=O)c1ccc(N2CCc3ccccc3C2)c(F)c1. The van der Waals surface area contributed by atoms with Gasteiger partial charge in [0, 0.05) is 19.3 Å². The Balaban J connectivity index is 1.92. The molecule has 0 unspecified atom stereocenters. The largest absolute Gasteiger partial charge is 0.364 e. The molecule has 0 fully saturated rings. The number of anilines is 1. The van der Waals surface area contributed by atoms with Gasteiger partial charge in [0.2, 0.25) is 0 Å². The Morgan fingerprint density at radius 2 is 1.81 bits per heavy atom. The average molecular weight is 305 g/mol. The molecule has 0 atom stereocenters. The maximum Gasteiger partial charge on any atom is 0.175 e. The smallest absolute Gasteiger partial charge is 0.175 e. The van der Waals surface area contributed by atoms with Crippen molar-refractivity contribution in [2.45, 2.75) is 17.9 Å². The lowest BCUT2D eigenvalue weighted by molar-refractivity contribution is 0.591. The van der Waals surface area contributed by atoms with Gasteiger partial charge in [0.1, 0.15) is 5.82 Å². The molecule has 0 radical (unpaired) electrons. The van der Waals surface area contributed by atoms with Crippen molar-refractivity contribution in [3.8, 4) is 0 Å². The summed E-state index contributed by atoms with van der Waals surface area (Å²) in [6.07, 6.45) is 1.95. The van der Waals surface area contributed by atoms with Gasteiger partial charge in [0.05, 0.1) is 10.6 Å². The number of hydrogen-bond acceptors (Lipinski definition) is 3. The zero-order valence-electron chi connectivity index (χ0n) is 11.7. The van der Waals surface area contributed by atoms with Crippen LogP contribution in [0.1, 0.15) is 11.1 Å². The number of rotatable bonds is 2. The zero-order chi connectivity index (χ0) is 15.0. The molecule has 3 rings (SSSR count). The van der Waals surface area contributed by atoms with Gasteiger partial charge in [-0.05, 0) is 35.7 Å². The summed E-state index contributed by atoms with van der Waals surface area (Å²) in [6.45, 7) is 1.37. The highest BCUT2D eigenvalue weighted by Gasteiger charge is 2.20. The van der Waals surface area contributed by atoms with Gasteiger partial charge in [-0.2, -0.15) is 0 Å². The second-order valence-corrected chi connectivity index (χ2v) is 7.34. The summed E-state index contributed by atoms with van der Waals surface area (Å²) in [4.78, 5) is 1.96. The summed E-state index contributed by atoms with van der Waals surface area (Å²) in [5, 5.41) is 0. The van der Waals surface area contributed by atoms with Crippen LogP contribution in [0.4, 0.5) is 10.1 Å². The van der Waals surface area contributed by atoms with Crippen molar-refractivity contribution in [2.24, 2.45) is 0 Å². The predicted molar refractivity (Wildman–Crippen MR) is 80.7 cm³/mol. The second-order valence-electron chi connectivity index (χ2n) is 5.33. The van der Waals surface area contributed by atoms with E-state index in [1.807, 2.05) is 23.1 Å². The van der Waals surface area contributed by atoms with Crippen LogP contribution < -0.4 is 4.90 Å². The van der Waals surface area contributed by atoms with E-state index in [9.17, 15) is 12.8 Å². The van der Waals surface area contributed by atoms with E-state index in [1.165, 1.54) is 17.2 Å². The fraction of sp³-hybridized carbons (Fsp3) is 0.250. The molecular formula is C16H16FNO2S. The summed E-state index contributed by atoms with van der Waals surface area (Å²) >= 11 is 0. The summed E-state index contributed by atoms with van der Waals surface area (Å²) in [5.41, 5.74) is 2.94. The molecule has 3 nitrogen and oxygen atoms in total. The van der Waals surface area contributed by atoms with Crippen LogP contribution in [0, 0.1) is 5.82 Å². The quantitative estimate of drug-likeness (QED) is 0.856. The van der Waals surface area contributed by atoms with Crippen molar-refractivity contribution in [3.05, 3.63) is 59.4 Å². The van der Waals surface area contributed by atoms with E-state index in [-0.39, 0.29) is 4.90 Å². The number of nitrogens with zero attached hydrogens (tertiary/aromatic N) is 1. The van der Waals surface area contributed by atoms with Crippen molar-refractivity contribution < 1.29 is 12.8 Å².